The van der Waals surface area contributed by atoms with E-state index in [1.807, 2.05) is 34.1 Å². The molecule has 6 heteroatoms. The Labute approximate surface area is 106 Å². The molecule has 0 aliphatic carbocycles. The number of nitrogens with zero attached hydrogens (tertiary/aromatic N) is 4. The first kappa shape index (κ1) is 12.3. The van der Waals surface area contributed by atoms with Gasteiger partial charge in [-0.15, -0.1) is 0 Å². The lowest BCUT2D eigenvalue weighted by Crippen LogP contribution is -2.23. The Morgan fingerprint density at radius 3 is 2.61 bits per heavy atom. The van der Waals surface area contributed by atoms with Gasteiger partial charge in [0.2, 0.25) is 0 Å². The van der Waals surface area contributed by atoms with E-state index in [-0.39, 0.29) is 5.91 Å². The molecule has 0 unspecified atom stereocenters. The first-order valence-corrected chi connectivity index (χ1v) is 5.75. The van der Waals surface area contributed by atoms with Crippen molar-refractivity contribution in [2.24, 2.45) is 14.1 Å². The van der Waals surface area contributed by atoms with Crippen LogP contribution in [0.1, 0.15) is 27.3 Å². The molecule has 0 atom stereocenters. The van der Waals surface area contributed by atoms with E-state index in [1.165, 1.54) is 0 Å². The van der Waals surface area contributed by atoms with E-state index in [0.717, 1.165) is 17.0 Å². The van der Waals surface area contributed by atoms with Crippen LogP contribution in [0.4, 0.5) is 0 Å². The maximum atomic E-state index is 12.0. The number of rotatable bonds is 3. The van der Waals surface area contributed by atoms with Crippen LogP contribution in [0.5, 0.6) is 0 Å². The van der Waals surface area contributed by atoms with Crippen molar-refractivity contribution in [2.75, 3.05) is 0 Å². The SMILES string of the molecule is Cc1nn(C)cc1CNC(=O)c1cnn(C)c1C. The van der Waals surface area contributed by atoms with Crippen LogP contribution in [0.25, 0.3) is 0 Å². The first-order valence-electron chi connectivity index (χ1n) is 5.75. The van der Waals surface area contributed by atoms with Gasteiger partial charge in [-0.3, -0.25) is 14.2 Å². The molecule has 1 N–H and O–H groups in total. The smallest absolute Gasteiger partial charge is 0.255 e. The van der Waals surface area contributed by atoms with E-state index in [1.54, 1.807) is 15.6 Å². The average Bonchev–Trinajstić information content (AvgIpc) is 2.80. The van der Waals surface area contributed by atoms with Crippen LogP contribution in [-0.2, 0) is 20.6 Å². The second kappa shape index (κ2) is 4.64. The van der Waals surface area contributed by atoms with E-state index < -0.39 is 0 Å². The van der Waals surface area contributed by atoms with Crippen LogP contribution in [0, 0.1) is 13.8 Å². The van der Waals surface area contributed by atoms with Crippen LogP contribution < -0.4 is 5.32 Å². The molecule has 2 aromatic rings. The van der Waals surface area contributed by atoms with Gasteiger partial charge in [0.1, 0.15) is 0 Å². The first-order chi connectivity index (χ1) is 8.49. The topological polar surface area (TPSA) is 64.7 Å². The van der Waals surface area contributed by atoms with Crippen molar-refractivity contribution in [1.29, 1.82) is 0 Å². The summed E-state index contributed by atoms with van der Waals surface area (Å²) in [4.78, 5) is 12.0. The molecule has 6 nitrogen and oxygen atoms in total. The fourth-order valence-corrected chi connectivity index (χ4v) is 1.81. The Hall–Kier alpha value is -2.11. The molecule has 0 spiro atoms. The quantitative estimate of drug-likeness (QED) is 0.868. The Balaban J connectivity index is 2.05. The highest BCUT2D eigenvalue weighted by atomic mass is 16.1. The third-order valence-corrected chi connectivity index (χ3v) is 3.03. The molecule has 96 valence electrons. The van der Waals surface area contributed by atoms with Crippen molar-refractivity contribution in [3.63, 3.8) is 0 Å². The van der Waals surface area contributed by atoms with Gasteiger partial charge in [0.15, 0.2) is 0 Å². The van der Waals surface area contributed by atoms with Gasteiger partial charge in [-0.2, -0.15) is 10.2 Å². The zero-order chi connectivity index (χ0) is 13.3. The van der Waals surface area contributed by atoms with Gasteiger partial charge in [0.05, 0.1) is 17.5 Å². The van der Waals surface area contributed by atoms with Crippen LogP contribution >= 0.6 is 0 Å². The normalized spacial score (nSPS) is 10.7. The third-order valence-electron chi connectivity index (χ3n) is 3.03. The number of carbonyl (C=O) groups excluding carboxylic acids is 1. The Morgan fingerprint density at radius 2 is 2.11 bits per heavy atom. The van der Waals surface area contributed by atoms with E-state index in [2.05, 4.69) is 15.5 Å². The predicted molar refractivity (Wildman–Crippen MR) is 67.1 cm³/mol. The molecule has 2 heterocycles. The summed E-state index contributed by atoms with van der Waals surface area (Å²) in [6.07, 6.45) is 3.49. The summed E-state index contributed by atoms with van der Waals surface area (Å²) >= 11 is 0. The highest BCUT2D eigenvalue weighted by Crippen LogP contribution is 2.07. The van der Waals surface area contributed by atoms with Crippen molar-refractivity contribution >= 4 is 5.91 Å². The molecule has 0 saturated heterocycles. The molecular formula is C12H17N5O. The standard InChI is InChI=1S/C12H17N5O/c1-8-10(7-16(3)15-8)5-13-12(18)11-6-14-17(4)9(11)2/h6-7H,5H2,1-4H3,(H,13,18). The molecular weight excluding hydrogens is 230 g/mol. The van der Waals surface area contributed by atoms with Crippen LogP contribution in [0.2, 0.25) is 0 Å². The minimum atomic E-state index is -0.108. The molecule has 2 aromatic heterocycles. The molecule has 0 aromatic carbocycles. The van der Waals surface area contributed by atoms with Gasteiger partial charge in [0.25, 0.3) is 5.91 Å². The van der Waals surface area contributed by atoms with Gasteiger partial charge >= 0.3 is 0 Å². The second-order valence-corrected chi connectivity index (χ2v) is 4.36. The Kier molecular flexibility index (Phi) is 3.18. The molecule has 0 bridgehead atoms. The van der Waals surface area contributed by atoms with Gasteiger partial charge in [-0.05, 0) is 13.8 Å². The zero-order valence-electron chi connectivity index (χ0n) is 11.1. The summed E-state index contributed by atoms with van der Waals surface area (Å²) in [7, 11) is 3.68. The van der Waals surface area contributed by atoms with E-state index in [9.17, 15) is 4.79 Å². The fourth-order valence-electron chi connectivity index (χ4n) is 1.81. The predicted octanol–water partition coefficient (Wildman–Crippen LogP) is 0.700. The summed E-state index contributed by atoms with van der Waals surface area (Å²) in [5.41, 5.74) is 3.42. The molecule has 0 saturated carbocycles. The molecule has 18 heavy (non-hydrogen) atoms. The molecule has 2 rings (SSSR count). The summed E-state index contributed by atoms with van der Waals surface area (Å²) in [5, 5.41) is 11.2. The zero-order valence-corrected chi connectivity index (χ0v) is 11.1. The van der Waals surface area contributed by atoms with Crippen molar-refractivity contribution in [3.05, 3.63) is 34.9 Å². The number of hydrogen-bond donors (Lipinski definition) is 1. The number of hydrogen-bond acceptors (Lipinski definition) is 3. The Bertz CT molecular complexity index is 581. The average molecular weight is 247 g/mol. The molecule has 1 amide bonds. The Morgan fingerprint density at radius 1 is 1.39 bits per heavy atom. The monoisotopic (exact) mass is 247 g/mol. The highest BCUT2D eigenvalue weighted by molar-refractivity contribution is 5.94. The maximum absolute atomic E-state index is 12.0. The molecule has 0 aliphatic rings. The van der Waals surface area contributed by atoms with Crippen LogP contribution in [-0.4, -0.2) is 25.5 Å². The van der Waals surface area contributed by atoms with Gasteiger partial charge in [-0.1, -0.05) is 0 Å². The van der Waals surface area contributed by atoms with Crippen molar-refractivity contribution in [2.45, 2.75) is 20.4 Å². The van der Waals surface area contributed by atoms with Gasteiger partial charge in [-0.25, -0.2) is 0 Å². The number of aromatic nitrogens is 4. The number of carbonyl (C=O) groups is 1. The third kappa shape index (κ3) is 2.27. The molecule has 0 fully saturated rings. The summed E-state index contributed by atoms with van der Waals surface area (Å²) in [6.45, 7) is 4.28. The number of amides is 1. The van der Waals surface area contributed by atoms with E-state index in [0.29, 0.717) is 12.1 Å². The second-order valence-electron chi connectivity index (χ2n) is 4.36. The van der Waals surface area contributed by atoms with E-state index >= 15 is 0 Å². The van der Waals surface area contributed by atoms with Crippen molar-refractivity contribution in [3.8, 4) is 0 Å². The number of nitrogens with one attached hydrogen (secondary N) is 1. The minimum Gasteiger partial charge on any atom is -0.348 e. The van der Waals surface area contributed by atoms with E-state index in [4.69, 9.17) is 0 Å². The molecule has 0 aliphatic heterocycles. The maximum Gasteiger partial charge on any atom is 0.255 e. The highest BCUT2D eigenvalue weighted by Gasteiger charge is 2.13. The summed E-state index contributed by atoms with van der Waals surface area (Å²) < 4.78 is 3.43. The lowest BCUT2D eigenvalue weighted by atomic mass is 10.2. The van der Waals surface area contributed by atoms with Gasteiger partial charge < -0.3 is 5.32 Å². The van der Waals surface area contributed by atoms with Gasteiger partial charge in [0, 0.05) is 38.1 Å². The number of aryl methyl sites for hydroxylation is 3. The summed E-state index contributed by atoms with van der Waals surface area (Å²) in [5.74, 6) is -0.108. The minimum absolute atomic E-state index is 0.108. The van der Waals surface area contributed by atoms with Crippen molar-refractivity contribution < 1.29 is 4.79 Å². The lowest BCUT2D eigenvalue weighted by molar-refractivity contribution is 0.0950. The summed E-state index contributed by atoms with van der Waals surface area (Å²) in [6, 6.07) is 0. The fraction of sp³-hybridized carbons (Fsp3) is 0.417. The lowest BCUT2D eigenvalue weighted by Gasteiger charge is -2.03. The van der Waals surface area contributed by atoms with Crippen molar-refractivity contribution in [1.82, 2.24) is 24.9 Å². The van der Waals surface area contributed by atoms with Crippen LogP contribution in [0.15, 0.2) is 12.4 Å². The largest absolute Gasteiger partial charge is 0.348 e. The van der Waals surface area contributed by atoms with Crippen LogP contribution in [0.3, 0.4) is 0 Å². The molecule has 0 radical (unpaired) electrons.